The summed E-state index contributed by atoms with van der Waals surface area (Å²) in [5.41, 5.74) is 6.01. The molecule has 2 N–H and O–H groups in total. The first-order chi connectivity index (χ1) is 9.75. The fourth-order valence-electron chi connectivity index (χ4n) is 2.98. The molecule has 0 bridgehead atoms. The number of hydrogen-bond donors (Lipinski definition) is 1. The molecule has 1 aliphatic rings. The lowest BCUT2D eigenvalue weighted by atomic mass is 10.00. The molecule has 0 aromatic heterocycles. The maximum absolute atomic E-state index is 12.1. The molecule has 2 rings (SSSR count). The Kier molecular flexibility index (Phi) is 4.78. The monoisotopic (exact) mass is 391 g/mol. The second-order valence-corrected chi connectivity index (χ2v) is 8.84. The van der Waals surface area contributed by atoms with Gasteiger partial charge in [0.25, 0.3) is 0 Å². The zero-order chi connectivity index (χ0) is 15.8. The Bertz CT molecular complexity index is 645. The molecular weight excluding hydrogens is 374 g/mol. The van der Waals surface area contributed by atoms with Crippen molar-refractivity contribution in [2.24, 2.45) is 11.1 Å². The number of rotatable bonds is 6. The number of hydrogen-bond acceptors (Lipinski definition) is 4. The summed E-state index contributed by atoms with van der Waals surface area (Å²) in [5, 5.41) is -0.616. The Morgan fingerprint density at radius 2 is 2.00 bits per heavy atom. The van der Waals surface area contributed by atoms with Gasteiger partial charge < -0.3 is 10.5 Å². The number of halogens is 1. The normalized spacial score (nSPS) is 28.3. The van der Waals surface area contributed by atoms with Crippen molar-refractivity contribution in [3.8, 4) is 0 Å². The van der Waals surface area contributed by atoms with Crippen molar-refractivity contribution < 1.29 is 13.2 Å². The smallest absolute Gasteiger partial charge is 0.152 e. The Balaban J connectivity index is 2.46. The first kappa shape index (κ1) is 16.9. The molecule has 4 nitrogen and oxygen atoms in total. The topological polar surface area (TPSA) is 69.4 Å². The van der Waals surface area contributed by atoms with Crippen LogP contribution in [0.25, 0.3) is 0 Å². The first-order valence-electron chi connectivity index (χ1n) is 6.57. The molecule has 0 heterocycles. The molecule has 0 aliphatic heterocycles. The van der Waals surface area contributed by atoms with Crippen molar-refractivity contribution in [1.82, 2.24) is 0 Å². The average molecular weight is 392 g/mol. The van der Waals surface area contributed by atoms with Crippen LogP contribution in [-0.4, -0.2) is 38.1 Å². The van der Waals surface area contributed by atoms with Crippen molar-refractivity contribution in [3.05, 3.63) is 34.3 Å². The van der Waals surface area contributed by atoms with Crippen LogP contribution in [0, 0.1) is 5.41 Å². The molecular formula is C14H18BrNO3S2. The summed E-state index contributed by atoms with van der Waals surface area (Å²) in [7, 11) is -3.28. The fraction of sp³-hybridized carbons (Fsp3) is 0.500. The predicted molar refractivity (Wildman–Crippen MR) is 91.2 cm³/mol. The molecule has 21 heavy (non-hydrogen) atoms. The van der Waals surface area contributed by atoms with E-state index in [0.717, 1.165) is 10.0 Å². The number of benzene rings is 1. The minimum Gasteiger partial charge on any atom is -0.393 e. The van der Waals surface area contributed by atoms with Crippen LogP contribution >= 0.6 is 28.1 Å². The molecule has 1 saturated carbocycles. The van der Waals surface area contributed by atoms with E-state index in [1.165, 1.54) is 6.26 Å². The Morgan fingerprint density at radius 3 is 2.43 bits per heavy atom. The van der Waals surface area contributed by atoms with Gasteiger partial charge in [-0.25, -0.2) is 8.42 Å². The Hall–Kier alpha value is -0.500. The van der Waals surface area contributed by atoms with E-state index in [0.29, 0.717) is 6.61 Å². The third kappa shape index (κ3) is 3.02. The second kappa shape index (κ2) is 5.95. The molecule has 0 saturated heterocycles. The molecule has 1 aromatic rings. The van der Waals surface area contributed by atoms with E-state index in [1.54, 1.807) is 0 Å². The van der Waals surface area contributed by atoms with E-state index in [4.69, 9.17) is 22.7 Å². The van der Waals surface area contributed by atoms with Crippen LogP contribution in [0.2, 0.25) is 0 Å². The van der Waals surface area contributed by atoms with Crippen molar-refractivity contribution in [2.75, 3.05) is 19.5 Å². The van der Waals surface area contributed by atoms with Crippen LogP contribution in [0.5, 0.6) is 0 Å². The quantitative estimate of drug-likeness (QED) is 0.753. The lowest BCUT2D eigenvalue weighted by Crippen LogP contribution is -2.33. The van der Waals surface area contributed by atoms with Gasteiger partial charge in [0.05, 0.1) is 22.3 Å². The average Bonchev–Trinajstić information content (AvgIpc) is 3.08. The number of nitrogens with two attached hydrogens (primary N) is 1. The summed E-state index contributed by atoms with van der Waals surface area (Å²) in [6.07, 6.45) is 1.23. The van der Waals surface area contributed by atoms with Crippen molar-refractivity contribution in [1.29, 1.82) is 0 Å². The van der Waals surface area contributed by atoms with Crippen LogP contribution in [0.3, 0.4) is 0 Å². The number of sulfone groups is 1. The Morgan fingerprint density at radius 1 is 1.43 bits per heavy atom. The number of thiocarbonyl (C=S) groups is 1. The van der Waals surface area contributed by atoms with Gasteiger partial charge in [-0.1, -0.05) is 40.3 Å². The summed E-state index contributed by atoms with van der Waals surface area (Å²) in [6, 6.07) is 7.58. The van der Waals surface area contributed by atoms with Gasteiger partial charge in [-0.15, -0.1) is 0 Å². The van der Waals surface area contributed by atoms with Crippen LogP contribution in [-0.2, 0) is 14.6 Å². The van der Waals surface area contributed by atoms with Crippen molar-refractivity contribution in [2.45, 2.75) is 18.1 Å². The van der Waals surface area contributed by atoms with Crippen LogP contribution < -0.4 is 5.73 Å². The molecule has 0 unspecified atom stereocenters. The highest BCUT2D eigenvalue weighted by molar-refractivity contribution is 9.10. The molecule has 0 radical (unpaired) electrons. The number of ether oxygens (including phenoxy) is 1. The maximum Gasteiger partial charge on any atom is 0.152 e. The first-order valence-corrected chi connectivity index (χ1v) is 9.72. The van der Waals surface area contributed by atoms with E-state index in [1.807, 2.05) is 31.2 Å². The summed E-state index contributed by atoms with van der Waals surface area (Å²) in [5.74, 6) is -0.246. The molecule has 1 aliphatic carbocycles. The summed E-state index contributed by atoms with van der Waals surface area (Å²) >= 11 is 8.56. The molecule has 3 atom stereocenters. The maximum atomic E-state index is 12.1. The standard InChI is InChI=1S/C14H18BrNO3S2/c1-3-19-8-14(13(16)20)11(12(14)21(2,17)18)9-4-6-10(15)7-5-9/h4-7,11-12H,3,8H2,1-2H3,(H2,16,20)/t11-,12-,14-/m0/s1. The van der Waals surface area contributed by atoms with Gasteiger partial charge in [0, 0.05) is 23.3 Å². The van der Waals surface area contributed by atoms with E-state index in [-0.39, 0.29) is 17.5 Å². The lowest BCUT2D eigenvalue weighted by Gasteiger charge is -2.16. The highest BCUT2D eigenvalue weighted by atomic mass is 79.9. The van der Waals surface area contributed by atoms with Crippen LogP contribution in [0.4, 0.5) is 0 Å². The van der Waals surface area contributed by atoms with Gasteiger partial charge in [-0.3, -0.25) is 0 Å². The highest BCUT2D eigenvalue weighted by Gasteiger charge is 2.71. The second-order valence-electron chi connectivity index (χ2n) is 5.32. The highest BCUT2D eigenvalue weighted by Crippen LogP contribution is 2.63. The largest absolute Gasteiger partial charge is 0.393 e. The van der Waals surface area contributed by atoms with Crippen molar-refractivity contribution >= 4 is 43.0 Å². The van der Waals surface area contributed by atoms with Gasteiger partial charge >= 0.3 is 0 Å². The molecule has 1 fully saturated rings. The van der Waals surface area contributed by atoms with Crippen LogP contribution in [0.1, 0.15) is 18.4 Å². The molecule has 0 amide bonds. The molecule has 1 aromatic carbocycles. The zero-order valence-electron chi connectivity index (χ0n) is 11.9. The van der Waals surface area contributed by atoms with E-state index in [9.17, 15) is 8.42 Å². The van der Waals surface area contributed by atoms with Gasteiger partial charge in [-0.05, 0) is 24.6 Å². The van der Waals surface area contributed by atoms with Crippen molar-refractivity contribution in [3.63, 3.8) is 0 Å². The molecule has 0 spiro atoms. The van der Waals surface area contributed by atoms with Gasteiger partial charge in [0.2, 0.25) is 0 Å². The third-order valence-corrected chi connectivity index (χ3v) is 6.47. The lowest BCUT2D eigenvalue weighted by molar-refractivity contribution is 0.121. The summed E-state index contributed by atoms with van der Waals surface area (Å²) < 4.78 is 30.7. The van der Waals surface area contributed by atoms with E-state index >= 15 is 0 Å². The SMILES string of the molecule is CCOC[C@]1(C(N)=S)[C@@H](c2ccc(Br)cc2)[C@@H]1S(C)(=O)=O. The minimum absolute atomic E-state index is 0.208. The van der Waals surface area contributed by atoms with Gasteiger partial charge in [0.15, 0.2) is 9.84 Å². The Labute approximate surface area is 139 Å². The third-order valence-electron chi connectivity index (χ3n) is 3.95. The zero-order valence-corrected chi connectivity index (χ0v) is 15.1. The van der Waals surface area contributed by atoms with Gasteiger partial charge in [-0.2, -0.15) is 0 Å². The summed E-state index contributed by atoms with van der Waals surface area (Å²) in [6.45, 7) is 2.59. The van der Waals surface area contributed by atoms with E-state index < -0.39 is 20.5 Å². The summed E-state index contributed by atoms with van der Waals surface area (Å²) in [4.78, 5) is 0.208. The minimum atomic E-state index is -3.28. The van der Waals surface area contributed by atoms with Crippen LogP contribution in [0.15, 0.2) is 28.7 Å². The molecule has 7 heteroatoms. The van der Waals surface area contributed by atoms with Gasteiger partial charge in [0.1, 0.15) is 0 Å². The fourth-order valence-corrected chi connectivity index (χ4v) is 5.56. The van der Waals surface area contributed by atoms with E-state index in [2.05, 4.69) is 15.9 Å². The predicted octanol–water partition coefficient (Wildman–Crippen LogP) is 2.27. The molecule has 116 valence electrons.